The van der Waals surface area contributed by atoms with Crippen molar-refractivity contribution in [3.05, 3.63) is 35.5 Å². The van der Waals surface area contributed by atoms with Gasteiger partial charge in [-0.15, -0.1) is 0 Å². The van der Waals surface area contributed by atoms with E-state index in [1.54, 1.807) is 12.1 Å². The first-order valence-electron chi connectivity index (χ1n) is 5.29. The second-order valence-corrected chi connectivity index (χ2v) is 3.97. The summed E-state index contributed by atoms with van der Waals surface area (Å²) in [5.74, 6) is 0. The third kappa shape index (κ3) is 2.02. The fourth-order valence-corrected chi connectivity index (χ4v) is 2.07. The first-order chi connectivity index (χ1) is 7.95. The van der Waals surface area contributed by atoms with Crippen LogP contribution in [-0.2, 0) is 19.6 Å². The number of halogens is 3. The number of rotatable bonds is 2. The van der Waals surface area contributed by atoms with Gasteiger partial charge in [0.1, 0.15) is 5.69 Å². The molecule has 0 fully saturated rings. The Labute approximate surface area is 96.8 Å². The molecule has 17 heavy (non-hydrogen) atoms. The van der Waals surface area contributed by atoms with Gasteiger partial charge in [0.05, 0.1) is 0 Å². The van der Waals surface area contributed by atoms with Gasteiger partial charge in [0.2, 0.25) is 0 Å². The molecule has 1 heterocycles. The van der Waals surface area contributed by atoms with E-state index in [1.165, 1.54) is 17.7 Å². The second-order valence-electron chi connectivity index (χ2n) is 3.97. The standard InChI is InChI=1S/C12H13F3N2/c1-17-10-4-2-3-8(5-6-16)9(10)7-11(17)12(13,14)15/h2-4,7H,5-6,16H2,1H3. The Balaban J connectivity index is 2.68. The summed E-state index contributed by atoms with van der Waals surface area (Å²) in [7, 11) is 1.43. The molecule has 0 amide bonds. The molecule has 0 aliphatic rings. The number of hydrogen-bond acceptors (Lipinski definition) is 1. The predicted molar refractivity (Wildman–Crippen MR) is 60.7 cm³/mol. The monoisotopic (exact) mass is 242 g/mol. The van der Waals surface area contributed by atoms with E-state index in [1.807, 2.05) is 6.07 Å². The molecular weight excluding hydrogens is 229 g/mol. The number of aryl methyl sites for hydroxylation is 1. The van der Waals surface area contributed by atoms with Crippen molar-refractivity contribution >= 4 is 10.9 Å². The van der Waals surface area contributed by atoms with Crippen molar-refractivity contribution in [1.82, 2.24) is 4.57 Å². The minimum Gasteiger partial charge on any atom is -0.340 e. The average Bonchev–Trinajstić information content (AvgIpc) is 2.58. The van der Waals surface area contributed by atoms with Crippen molar-refractivity contribution in [3.63, 3.8) is 0 Å². The predicted octanol–water partition coefficient (Wildman–Crippen LogP) is 2.70. The molecule has 0 bridgehead atoms. The molecule has 2 N–H and O–H groups in total. The third-order valence-corrected chi connectivity index (χ3v) is 2.88. The Bertz CT molecular complexity index is 540. The van der Waals surface area contributed by atoms with E-state index in [9.17, 15) is 13.2 Å². The lowest BCUT2D eigenvalue weighted by Gasteiger charge is -2.07. The lowest BCUT2D eigenvalue weighted by Crippen LogP contribution is -2.10. The highest BCUT2D eigenvalue weighted by Crippen LogP contribution is 2.34. The molecule has 0 saturated heterocycles. The van der Waals surface area contributed by atoms with Crippen molar-refractivity contribution in [2.24, 2.45) is 12.8 Å². The molecule has 0 atom stereocenters. The summed E-state index contributed by atoms with van der Waals surface area (Å²) in [6.45, 7) is 0.426. The largest absolute Gasteiger partial charge is 0.431 e. The van der Waals surface area contributed by atoms with Gasteiger partial charge in [0.25, 0.3) is 0 Å². The van der Waals surface area contributed by atoms with Crippen LogP contribution in [0.4, 0.5) is 13.2 Å². The first-order valence-corrected chi connectivity index (χ1v) is 5.29. The highest BCUT2D eigenvalue weighted by atomic mass is 19.4. The quantitative estimate of drug-likeness (QED) is 0.862. The summed E-state index contributed by atoms with van der Waals surface area (Å²) < 4.78 is 39.5. The van der Waals surface area contributed by atoms with Crippen LogP contribution in [0.1, 0.15) is 11.3 Å². The first kappa shape index (κ1) is 12.0. The van der Waals surface area contributed by atoms with Gasteiger partial charge in [0.15, 0.2) is 0 Å². The van der Waals surface area contributed by atoms with Gasteiger partial charge >= 0.3 is 6.18 Å². The Morgan fingerprint density at radius 3 is 2.59 bits per heavy atom. The molecule has 2 aromatic rings. The fourth-order valence-electron chi connectivity index (χ4n) is 2.07. The number of benzene rings is 1. The van der Waals surface area contributed by atoms with Crippen LogP contribution in [-0.4, -0.2) is 11.1 Å². The van der Waals surface area contributed by atoms with Gasteiger partial charge in [0, 0.05) is 18.0 Å². The molecule has 5 heteroatoms. The van der Waals surface area contributed by atoms with E-state index in [0.717, 1.165) is 5.56 Å². The maximum atomic E-state index is 12.8. The zero-order valence-electron chi connectivity index (χ0n) is 9.38. The van der Waals surface area contributed by atoms with Crippen molar-refractivity contribution in [1.29, 1.82) is 0 Å². The van der Waals surface area contributed by atoms with E-state index < -0.39 is 11.9 Å². The molecule has 0 radical (unpaired) electrons. The van der Waals surface area contributed by atoms with E-state index in [4.69, 9.17) is 5.73 Å². The number of nitrogens with zero attached hydrogens (tertiary/aromatic N) is 1. The Morgan fingerprint density at radius 2 is 2.00 bits per heavy atom. The maximum absolute atomic E-state index is 12.8. The molecule has 92 valence electrons. The van der Waals surface area contributed by atoms with Gasteiger partial charge in [-0.3, -0.25) is 0 Å². The highest BCUT2D eigenvalue weighted by molar-refractivity contribution is 5.85. The third-order valence-electron chi connectivity index (χ3n) is 2.88. The Kier molecular flexibility index (Phi) is 2.87. The molecule has 0 aliphatic carbocycles. The summed E-state index contributed by atoms with van der Waals surface area (Å²) in [5, 5.41) is 0.632. The number of fused-ring (bicyclic) bond motifs is 1. The summed E-state index contributed by atoms with van der Waals surface area (Å²) >= 11 is 0. The number of alkyl halides is 3. The van der Waals surface area contributed by atoms with Crippen LogP contribution in [0.25, 0.3) is 10.9 Å². The molecule has 0 unspecified atom stereocenters. The van der Waals surface area contributed by atoms with Crippen molar-refractivity contribution in [3.8, 4) is 0 Å². The molecule has 1 aromatic carbocycles. The van der Waals surface area contributed by atoms with Crippen LogP contribution in [0.15, 0.2) is 24.3 Å². The van der Waals surface area contributed by atoms with E-state index in [-0.39, 0.29) is 0 Å². The smallest absolute Gasteiger partial charge is 0.340 e. The Morgan fingerprint density at radius 1 is 1.29 bits per heavy atom. The lowest BCUT2D eigenvalue weighted by atomic mass is 10.1. The van der Waals surface area contributed by atoms with Crippen molar-refractivity contribution < 1.29 is 13.2 Å². The zero-order chi connectivity index (χ0) is 12.6. The minimum absolute atomic E-state index is 0.426. The molecule has 0 aliphatic heterocycles. The number of nitrogens with two attached hydrogens (primary N) is 1. The topological polar surface area (TPSA) is 30.9 Å². The van der Waals surface area contributed by atoms with Crippen LogP contribution in [0.5, 0.6) is 0 Å². The zero-order valence-corrected chi connectivity index (χ0v) is 9.38. The van der Waals surface area contributed by atoms with Crippen molar-refractivity contribution in [2.75, 3.05) is 6.54 Å². The lowest BCUT2D eigenvalue weighted by molar-refractivity contribution is -0.142. The van der Waals surface area contributed by atoms with E-state index in [0.29, 0.717) is 23.9 Å². The summed E-state index contributed by atoms with van der Waals surface area (Å²) in [6, 6.07) is 6.45. The van der Waals surface area contributed by atoms with Gasteiger partial charge in [-0.1, -0.05) is 12.1 Å². The minimum atomic E-state index is -4.33. The van der Waals surface area contributed by atoms with Crippen LogP contribution in [0, 0.1) is 0 Å². The van der Waals surface area contributed by atoms with Gasteiger partial charge in [-0.25, -0.2) is 0 Å². The van der Waals surface area contributed by atoms with Crippen LogP contribution >= 0.6 is 0 Å². The van der Waals surface area contributed by atoms with Crippen LogP contribution in [0.2, 0.25) is 0 Å². The molecule has 2 nitrogen and oxygen atoms in total. The van der Waals surface area contributed by atoms with E-state index in [2.05, 4.69) is 0 Å². The van der Waals surface area contributed by atoms with Gasteiger partial charge in [-0.2, -0.15) is 13.2 Å². The second kappa shape index (κ2) is 4.07. The molecule has 2 rings (SSSR count). The molecular formula is C12H13F3N2. The molecule has 1 aromatic heterocycles. The normalized spacial score (nSPS) is 12.3. The summed E-state index contributed by atoms with van der Waals surface area (Å²) in [5.41, 5.74) is 6.27. The number of hydrogen-bond donors (Lipinski definition) is 1. The van der Waals surface area contributed by atoms with Crippen LogP contribution < -0.4 is 5.73 Å². The maximum Gasteiger partial charge on any atom is 0.431 e. The fraction of sp³-hybridized carbons (Fsp3) is 0.333. The highest BCUT2D eigenvalue weighted by Gasteiger charge is 2.34. The van der Waals surface area contributed by atoms with Gasteiger partial charge in [-0.05, 0) is 30.7 Å². The molecule has 0 saturated carbocycles. The van der Waals surface area contributed by atoms with Gasteiger partial charge < -0.3 is 10.3 Å². The summed E-state index contributed by atoms with van der Waals surface area (Å²) in [6.07, 6.45) is -3.74. The Hall–Kier alpha value is -1.49. The van der Waals surface area contributed by atoms with E-state index >= 15 is 0 Å². The SMILES string of the molecule is Cn1c(C(F)(F)F)cc2c(CCN)cccc21. The number of aromatic nitrogens is 1. The van der Waals surface area contributed by atoms with Crippen LogP contribution in [0.3, 0.4) is 0 Å². The average molecular weight is 242 g/mol. The van der Waals surface area contributed by atoms with Crippen molar-refractivity contribution in [2.45, 2.75) is 12.6 Å². The molecule has 0 spiro atoms. The summed E-state index contributed by atoms with van der Waals surface area (Å²) in [4.78, 5) is 0.